The van der Waals surface area contributed by atoms with Gasteiger partial charge in [-0.3, -0.25) is 14.9 Å². The molecule has 0 spiro atoms. The van der Waals surface area contributed by atoms with Crippen LogP contribution < -0.4 is 4.90 Å². The molecule has 0 radical (unpaired) electrons. The van der Waals surface area contributed by atoms with Crippen LogP contribution in [-0.4, -0.2) is 49.3 Å². The van der Waals surface area contributed by atoms with E-state index < -0.39 is 4.92 Å². The summed E-state index contributed by atoms with van der Waals surface area (Å²) in [6.07, 6.45) is 2.60. The summed E-state index contributed by atoms with van der Waals surface area (Å²) in [6.45, 7) is 1.75. The Morgan fingerprint density at radius 1 is 1.35 bits per heavy atom. The molecule has 108 valence electrons. The van der Waals surface area contributed by atoms with E-state index in [4.69, 9.17) is 0 Å². The van der Waals surface area contributed by atoms with Crippen molar-refractivity contribution in [3.05, 3.63) is 33.9 Å². The van der Waals surface area contributed by atoms with Gasteiger partial charge in [0, 0.05) is 30.9 Å². The van der Waals surface area contributed by atoms with Gasteiger partial charge in [-0.25, -0.2) is 0 Å². The number of hydrogen-bond donors (Lipinski definition) is 0. The van der Waals surface area contributed by atoms with Crippen LogP contribution in [0.4, 0.5) is 11.4 Å². The predicted molar refractivity (Wildman–Crippen MR) is 77.4 cm³/mol. The highest BCUT2D eigenvalue weighted by molar-refractivity contribution is 5.83. The van der Waals surface area contributed by atoms with Crippen LogP contribution in [0.15, 0.2) is 18.2 Å². The van der Waals surface area contributed by atoms with Crippen molar-refractivity contribution in [2.45, 2.75) is 18.9 Å². The fourth-order valence-electron chi connectivity index (χ4n) is 2.63. The van der Waals surface area contributed by atoms with Crippen LogP contribution in [-0.2, 0) is 0 Å². The third-order valence-electron chi connectivity index (χ3n) is 3.90. The fraction of sp³-hybridized carbons (Fsp3) is 0.500. The fourth-order valence-corrected chi connectivity index (χ4v) is 2.63. The molecule has 0 N–H and O–H groups in total. The number of nitrogens with zero attached hydrogens (tertiary/aromatic N) is 3. The summed E-state index contributed by atoms with van der Waals surface area (Å²) in [6, 6.07) is 5.38. The molecule has 6 nitrogen and oxygen atoms in total. The summed E-state index contributed by atoms with van der Waals surface area (Å²) in [7, 11) is 4.15. The van der Waals surface area contributed by atoms with E-state index in [0.29, 0.717) is 12.3 Å². The first-order chi connectivity index (χ1) is 9.52. The molecule has 1 saturated heterocycles. The van der Waals surface area contributed by atoms with E-state index in [1.807, 2.05) is 0 Å². The first kappa shape index (κ1) is 14.5. The number of nitro groups is 1. The second-order valence-electron chi connectivity index (χ2n) is 5.30. The first-order valence-electron chi connectivity index (χ1n) is 6.68. The molecule has 1 aliphatic rings. The lowest BCUT2D eigenvalue weighted by atomic mass is 10.0. The predicted octanol–water partition coefficient (Wildman–Crippen LogP) is 1.94. The Bertz CT molecular complexity index is 508. The average molecular weight is 277 g/mol. The molecule has 0 amide bonds. The Kier molecular flexibility index (Phi) is 4.34. The van der Waals surface area contributed by atoms with E-state index in [9.17, 15) is 14.9 Å². The zero-order valence-corrected chi connectivity index (χ0v) is 11.8. The van der Waals surface area contributed by atoms with Gasteiger partial charge in [-0.1, -0.05) is 0 Å². The quantitative estimate of drug-likeness (QED) is 0.478. The van der Waals surface area contributed by atoms with Crippen molar-refractivity contribution in [2.24, 2.45) is 0 Å². The second-order valence-corrected chi connectivity index (χ2v) is 5.30. The number of carbonyl (C=O) groups is 1. The zero-order chi connectivity index (χ0) is 14.7. The lowest BCUT2D eigenvalue weighted by molar-refractivity contribution is -0.385. The Labute approximate surface area is 118 Å². The molecular formula is C14H19N3O3. The van der Waals surface area contributed by atoms with Crippen molar-refractivity contribution >= 4 is 17.7 Å². The summed E-state index contributed by atoms with van der Waals surface area (Å²) in [4.78, 5) is 25.7. The molecule has 0 aromatic heterocycles. The highest BCUT2D eigenvalue weighted by atomic mass is 16.6. The third kappa shape index (κ3) is 2.96. The minimum absolute atomic E-state index is 0.118. The van der Waals surface area contributed by atoms with Gasteiger partial charge >= 0.3 is 0 Å². The van der Waals surface area contributed by atoms with E-state index in [2.05, 4.69) is 23.9 Å². The number of carbonyl (C=O) groups excluding carboxylic acids is 1. The van der Waals surface area contributed by atoms with Crippen molar-refractivity contribution in [3.8, 4) is 0 Å². The number of aldehydes is 1. The van der Waals surface area contributed by atoms with Gasteiger partial charge < -0.3 is 9.80 Å². The van der Waals surface area contributed by atoms with Crippen molar-refractivity contribution in [1.29, 1.82) is 0 Å². The Morgan fingerprint density at radius 2 is 2.00 bits per heavy atom. The van der Waals surface area contributed by atoms with Crippen LogP contribution >= 0.6 is 0 Å². The minimum Gasteiger partial charge on any atom is -0.371 e. The summed E-state index contributed by atoms with van der Waals surface area (Å²) in [5, 5.41) is 11.0. The maximum Gasteiger partial charge on any atom is 0.281 e. The van der Waals surface area contributed by atoms with Crippen molar-refractivity contribution in [3.63, 3.8) is 0 Å². The van der Waals surface area contributed by atoms with Gasteiger partial charge in [-0.15, -0.1) is 0 Å². The molecule has 1 aliphatic heterocycles. The molecule has 1 aromatic carbocycles. The number of nitro benzene ring substituents is 1. The monoisotopic (exact) mass is 277 g/mol. The molecule has 1 fully saturated rings. The lowest BCUT2D eigenvalue weighted by Gasteiger charge is -2.36. The second kappa shape index (κ2) is 6.00. The Hall–Kier alpha value is -1.95. The van der Waals surface area contributed by atoms with Gasteiger partial charge in [0.05, 0.1) is 10.5 Å². The summed E-state index contributed by atoms with van der Waals surface area (Å²) in [5.74, 6) is 0. The molecule has 1 aromatic rings. The average Bonchev–Trinajstić information content (AvgIpc) is 2.46. The van der Waals surface area contributed by atoms with Crippen LogP contribution in [0.25, 0.3) is 0 Å². The number of anilines is 1. The SMILES string of the molecule is CN(C)C1CCN(c2ccc(C=O)c([N+](=O)[O-])c2)CC1. The first-order valence-corrected chi connectivity index (χ1v) is 6.68. The highest BCUT2D eigenvalue weighted by Gasteiger charge is 2.22. The van der Waals surface area contributed by atoms with E-state index in [1.165, 1.54) is 12.1 Å². The van der Waals surface area contributed by atoms with Gasteiger partial charge in [0.25, 0.3) is 5.69 Å². The maximum atomic E-state index is 11.0. The van der Waals surface area contributed by atoms with Crippen molar-refractivity contribution in [1.82, 2.24) is 4.90 Å². The topological polar surface area (TPSA) is 66.7 Å². The van der Waals surface area contributed by atoms with Gasteiger partial charge in [0.1, 0.15) is 0 Å². The lowest BCUT2D eigenvalue weighted by Crippen LogP contribution is -2.42. The van der Waals surface area contributed by atoms with E-state index in [0.717, 1.165) is 31.6 Å². The summed E-state index contributed by atoms with van der Waals surface area (Å²) >= 11 is 0. The third-order valence-corrected chi connectivity index (χ3v) is 3.90. The van der Waals surface area contributed by atoms with Crippen LogP contribution in [0, 0.1) is 10.1 Å². The number of piperidine rings is 1. The normalized spacial score (nSPS) is 16.4. The van der Waals surface area contributed by atoms with Crippen molar-refractivity contribution in [2.75, 3.05) is 32.1 Å². The highest BCUT2D eigenvalue weighted by Crippen LogP contribution is 2.27. The summed E-state index contributed by atoms with van der Waals surface area (Å²) in [5.41, 5.74) is 0.827. The number of benzene rings is 1. The summed E-state index contributed by atoms with van der Waals surface area (Å²) < 4.78 is 0. The van der Waals surface area contributed by atoms with E-state index in [1.54, 1.807) is 6.07 Å². The molecular weight excluding hydrogens is 258 g/mol. The molecule has 0 unspecified atom stereocenters. The minimum atomic E-state index is -0.500. The maximum absolute atomic E-state index is 11.0. The van der Waals surface area contributed by atoms with Crippen LogP contribution in [0.2, 0.25) is 0 Å². The molecule has 1 heterocycles. The standard InChI is InChI=1S/C14H19N3O3/c1-15(2)12-5-7-16(8-6-12)13-4-3-11(10-18)14(9-13)17(19)20/h3-4,9-10,12H,5-8H2,1-2H3. The van der Waals surface area contributed by atoms with Crippen LogP contribution in [0.3, 0.4) is 0 Å². The largest absolute Gasteiger partial charge is 0.371 e. The molecule has 2 rings (SSSR count). The van der Waals surface area contributed by atoms with Gasteiger partial charge in [-0.2, -0.15) is 0 Å². The van der Waals surface area contributed by atoms with Gasteiger partial charge in [-0.05, 0) is 39.1 Å². The molecule has 20 heavy (non-hydrogen) atoms. The number of rotatable bonds is 4. The van der Waals surface area contributed by atoms with Crippen LogP contribution in [0.1, 0.15) is 23.2 Å². The Balaban J connectivity index is 2.16. The van der Waals surface area contributed by atoms with Crippen LogP contribution in [0.5, 0.6) is 0 Å². The molecule has 6 heteroatoms. The number of hydrogen-bond acceptors (Lipinski definition) is 5. The van der Waals surface area contributed by atoms with E-state index >= 15 is 0 Å². The zero-order valence-electron chi connectivity index (χ0n) is 11.8. The molecule has 0 bridgehead atoms. The molecule has 0 aliphatic carbocycles. The van der Waals surface area contributed by atoms with Gasteiger partial charge in [0.2, 0.25) is 0 Å². The van der Waals surface area contributed by atoms with E-state index in [-0.39, 0.29) is 11.3 Å². The van der Waals surface area contributed by atoms with Crippen molar-refractivity contribution < 1.29 is 9.72 Å². The smallest absolute Gasteiger partial charge is 0.281 e. The molecule has 0 saturated carbocycles. The van der Waals surface area contributed by atoms with Gasteiger partial charge in [0.15, 0.2) is 6.29 Å². The Morgan fingerprint density at radius 3 is 2.50 bits per heavy atom. The molecule has 0 atom stereocenters.